The lowest BCUT2D eigenvalue weighted by Gasteiger charge is -2.21. The van der Waals surface area contributed by atoms with Gasteiger partial charge < -0.3 is 10.6 Å². The third-order valence-electron chi connectivity index (χ3n) is 2.92. The Hall–Kier alpha value is -1.32. The Morgan fingerprint density at radius 1 is 1.41 bits per heavy atom. The molecule has 2 rings (SSSR count). The minimum absolute atomic E-state index is 0.0750. The molecular weight excluding hydrogens is 236 g/mol. The van der Waals surface area contributed by atoms with Crippen molar-refractivity contribution in [1.29, 1.82) is 0 Å². The molecule has 1 aromatic carbocycles. The van der Waals surface area contributed by atoms with E-state index in [9.17, 15) is 4.79 Å². The van der Waals surface area contributed by atoms with E-state index in [0.717, 1.165) is 29.8 Å². The standard InChI is InChI=1S/C13H15ClN2O/c1-8-3-4-11(14)12(5-8)16-13(17)9(2)10-6-15-7-10/h3-5,15H,6-7H2,1-2H3,(H,16,17). The summed E-state index contributed by atoms with van der Waals surface area (Å²) < 4.78 is 0. The number of carbonyl (C=O) groups excluding carboxylic acids is 1. The van der Waals surface area contributed by atoms with Crippen LogP contribution in [0, 0.1) is 6.92 Å². The van der Waals surface area contributed by atoms with E-state index >= 15 is 0 Å². The number of benzene rings is 1. The highest BCUT2D eigenvalue weighted by atomic mass is 35.5. The highest BCUT2D eigenvalue weighted by Gasteiger charge is 2.16. The van der Waals surface area contributed by atoms with Gasteiger partial charge in [-0.2, -0.15) is 0 Å². The lowest BCUT2D eigenvalue weighted by atomic mass is 10.0. The van der Waals surface area contributed by atoms with E-state index in [1.807, 2.05) is 26.0 Å². The number of amides is 1. The highest BCUT2D eigenvalue weighted by Crippen LogP contribution is 2.23. The van der Waals surface area contributed by atoms with Gasteiger partial charge >= 0.3 is 0 Å². The van der Waals surface area contributed by atoms with E-state index in [-0.39, 0.29) is 5.91 Å². The molecule has 0 bridgehead atoms. The predicted octanol–water partition coefficient (Wildman–Crippen LogP) is 2.51. The Morgan fingerprint density at radius 3 is 2.71 bits per heavy atom. The molecule has 1 heterocycles. The first-order valence-corrected chi connectivity index (χ1v) is 5.92. The van der Waals surface area contributed by atoms with Crippen LogP contribution in [-0.4, -0.2) is 19.0 Å². The van der Waals surface area contributed by atoms with Gasteiger partial charge in [0.15, 0.2) is 0 Å². The molecule has 0 aromatic heterocycles. The molecule has 90 valence electrons. The zero-order valence-corrected chi connectivity index (χ0v) is 10.7. The van der Waals surface area contributed by atoms with Crippen LogP contribution in [0.15, 0.2) is 29.3 Å². The number of nitrogens with one attached hydrogen (secondary N) is 2. The monoisotopic (exact) mass is 250 g/mol. The molecule has 0 unspecified atom stereocenters. The average Bonchev–Trinajstić information content (AvgIpc) is 2.21. The van der Waals surface area contributed by atoms with Crippen molar-refractivity contribution in [1.82, 2.24) is 5.32 Å². The van der Waals surface area contributed by atoms with E-state index in [1.54, 1.807) is 6.07 Å². The summed E-state index contributed by atoms with van der Waals surface area (Å²) in [5, 5.41) is 6.52. The fourth-order valence-electron chi connectivity index (χ4n) is 1.63. The quantitative estimate of drug-likeness (QED) is 0.792. The van der Waals surface area contributed by atoms with Crippen molar-refractivity contribution in [3.8, 4) is 0 Å². The van der Waals surface area contributed by atoms with Crippen molar-refractivity contribution in [2.75, 3.05) is 18.4 Å². The second-order valence-corrected chi connectivity index (χ2v) is 4.68. The number of hydrogen-bond acceptors (Lipinski definition) is 2. The molecule has 0 radical (unpaired) electrons. The van der Waals surface area contributed by atoms with Gasteiger partial charge in [-0.1, -0.05) is 17.7 Å². The number of hydrogen-bond donors (Lipinski definition) is 2. The zero-order valence-electron chi connectivity index (χ0n) is 9.93. The van der Waals surface area contributed by atoms with Crippen molar-refractivity contribution < 1.29 is 4.79 Å². The summed E-state index contributed by atoms with van der Waals surface area (Å²) in [4.78, 5) is 12.0. The van der Waals surface area contributed by atoms with Crippen LogP contribution in [0.1, 0.15) is 12.5 Å². The molecule has 1 aliphatic rings. The van der Waals surface area contributed by atoms with Crippen molar-refractivity contribution >= 4 is 23.2 Å². The van der Waals surface area contributed by atoms with Crippen molar-refractivity contribution in [2.45, 2.75) is 13.8 Å². The molecule has 1 fully saturated rings. The molecule has 1 aliphatic heterocycles. The van der Waals surface area contributed by atoms with Crippen molar-refractivity contribution in [3.63, 3.8) is 0 Å². The summed E-state index contributed by atoms with van der Waals surface area (Å²) in [6.07, 6.45) is 0. The molecular formula is C13H15ClN2O. The summed E-state index contributed by atoms with van der Waals surface area (Å²) in [5.74, 6) is -0.0750. The van der Waals surface area contributed by atoms with Gasteiger partial charge in [0.05, 0.1) is 10.7 Å². The Morgan fingerprint density at radius 2 is 2.12 bits per heavy atom. The molecule has 0 spiro atoms. The van der Waals surface area contributed by atoms with Gasteiger partial charge in [0.1, 0.15) is 0 Å². The lowest BCUT2D eigenvalue weighted by molar-refractivity contribution is -0.112. The normalized spacial score (nSPS) is 14.2. The minimum Gasteiger partial charge on any atom is -0.321 e. The van der Waals surface area contributed by atoms with Gasteiger partial charge in [-0.3, -0.25) is 4.79 Å². The largest absolute Gasteiger partial charge is 0.321 e. The Bertz CT molecular complexity index is 488. The van der Waals surface area contributed by atoms with E-state index < -0.39 is 0 Å². The maximum Gasteiger partial charge on any atom is 0.251 e. The summed E-state index contributed by atoms with van der Waals surface area (Å²) >= 11 is 6.03. The molecule has 4 heteroatoms. The van der Waals surface area contributed by atoms with Gasteiger partial charge in [-0.25, -0.2) is 0 Å². The smallest absolute Gasteiger partial charge is 0.251 e. The van der Waals surface area contributed by atoms with Gasteiger partial charge in [0.25, 0.3) is 5.91 Å². The van der Waals surface area contributed by atoms with Crippen LogP contribution in [0.2, 0.25) is 5.02 Å². The second kappa shape index (κ2) is 4.90. The first-order chi connectivity index (χ1) is 8.08. The molecule has 0 atom stereocenters. The number of carbonyl (C=O) groups is 1. The molecule has 1 saturated heterocycles. The van der Waals surface area contributed by atoms with Gasteiger partial charge in [-0.15, -0.1) is 0 Å². The van der Waals surface area contributed by atoms with Gasteiger partial charge in [0, 0.05) is 18.7 Å². The second-order valence-electron chi connectivity index (χ2n) is 4.27. The molecule has 0 aliphatic carbocycles. The SMILES string of the molecule is CC(C(=O)Nc1cc(C)ccc1Cl)=C1CNC1. The van der Waals surface area contributed by atoms with Gasteiger partial charge in [-0.05, 0) is 37.1 Å². The fourth-order valence-corrected chi connectivity index (χ4v) is 1.79. The van der Waals surface area contributed by atoms with E-state index in [0.29, 0.717) is 10.7 Å². The summed E-state index contributed by atoms with van der Waals surface area (Å²) in [7, 11) is 0. The molecule has 17 heavy (non-hydrogen) atoms. The maximum absolute atomic E-state index is 12.0. The Kier molecular flexibility index (Phi) is 3.50. The van der Waals surface area contributed by atoms with Crippen LogP contribution in [0.5, 0.6) is 0 Å². The van der Waals surface area contributed by atoms with Crippen LogP contribution in [0.4, 0.5) is 5.69 Å². The highest BCUT2D eigenvalue weighted by molar-refractivity contribution is 6.33. The average molecular weight is 251 g/mol. The number of anilines is 1. The van der Waals surface area contributed by atoms with E-state index in [1.165, 1.54) is 0 Å². The van der Waals surface area contributed by atoms with Crippen LogP contribution in [0.25, 0.3) is 0 Å². The number of aryl methyl sites for hydroxylation is 1. The first-order valence-electron chi connectivity index (χ1n) is 5.55. The topological polar surface area (TPSA) is 41.1 Å². The molecule has 1 aromatic rings. The Labute approximate surface area is 106 Å². The van der Waals surface area contributed by atoms with Crippen molar-refractivity contribution in [3.05, 3.63) is 39.9 Å². The summed E-state index contributed by atoms with van der Waals surface area (Å²) in [6, 6.07) is 5.58. The lowest BCUT2D eigenvalue weighted by Crippen LogP contribution is -2.36. The molecule has 0 saturated carbocycles. The fraction of sp³-hybridized carbons (Fsp3) is 0.308. The van der Waals surface area contributed by atoms with Crippen LogP contribution in [0.3, 0.4) is 0 Å². The first kappa shape index (κ1) is 12.1. The number of halogens is 1. The molecule has 3 nitrogen and oxygen atoms in total. The molecule has 2 N–H and O–H groups in total. The zero-order chi connectivity index (χ0) is 12.4. The Balaban J connectivity index is 2.15. The van der Waals surface area contributed by atoms with E-state index in [2.05, 4.69) is 10.6 Å². The molecule has 1 amide bonds. The third-order valence-corrected chi connectivity index (χ3v) is 3.25. The minimum atomic E-state index is -0.0750. The van der Waals surface area contributed by atoms with E-state index in [4.69, 9.17) is 11.6 Å². The van der Waals surface area contributed by atoms with Crippen LogP contribution < -0.4 is 10.6 Å². The van der Waals surface area contributed by atoms with Crippen LogP contribution in [-0.2, 0) is 4.79 Å². The summed E-state index contributed by atoms with van der Waals surface area (Å²) in [6.45, 7) is 5.42. The predicted molar refractivity (Wildman–Crippen MR) is 70.4 cm³/mol. The summed E-state index contributed by atoms with van der Waals surface area (Å²) in [5.41, 5.74) is 3.68. The van der Waals surface area contributed by atoms with Gasteiger partial charge in [0.2, 0.25) is 0 Å². The van der Waals surface area contributed by atoms with Crippen molar-refractivity contribution in [2.24, 2.45) is 0 Å². The van der Waals surface area contributed by atoms with Crippen LogP contribution >= 0.6 is 11.6 Å². The maximum atomic E-state index is 12.0. The third kappa shape index (κ3) is 2.68. The number of rotatable bonds is 2.